The molecule has 2 aromatic heterocycles. The summed E-state index contributed by atoms with van der Waals surface area (Å²) in [6.45, 7) is 1.63. The fourth-order valence-electron chi connectivity index (χ4n) is 3.28. The van der Waals surface area contributed by atoms with Crippen molar-refractivity contribution in [3.8, 4) is 0 Å². The molecule has 1 saturated heterocycles. The van der Waals surface area contributed by atoms with E-state index in [1.807, 2.05) is 24.3 Å². The number of piperidine rings is 1. The van der Waals surface area contributed by atoms with Crippen LogP contribution in [0.1, 0.15) is 23.3 Å². The largest absolute Gasteiger partial charge is 0.353 e. The van der Waals surface area contributed by atoms with Crippen LogP contribution in [-0.4, -0.2) is 40.0 Å². The van der Waals surface area contributed by atoms with Gasteiger partial charge < -0.3 is 15.2 Å². The fraction of sp³-hybridized carbons (Fsp3) is 0.278. The van der Waals surface area contributed by atoms with Crippen molar-refractivity contribution in [3.63, 3.8) is 0 Å². The summed E-state index contributed by atoms with van der Waals surface area (Å²) in [5, 5.41) is 4.42. The van der Waals surface area contributed by atoms with Crippen molar-refractivity contribution in [1.29, 1.82) is 0 Å². The summed E-state index contributed by atoms with van der Waals surface area (Å²) in [5.74, 6) is 0.664. The predicted molar refractivity (Wildman–Crippen MR) is 98.0 cm³/mol. The number of para-hydroxylation sites is 1. The lowest BCUT2D eigenvalue weighted by molar-refractivity contribution is 0.0929. The van der Waals surface area contributed by atoms with Crippen molar-refractivity contribution in [2.45, 2.75) is 18.9 Å². The van der Waals surface area contributed by atoms with E-state index in [1.54, 1.807) is 18.6 Å². The third-order valence-corrected chi connectivity index (χ3v) is 4.89. The Morgan fingerprint density at radius 2 is 2.20 bits per heavy atom. The van der Waals surface area contributed by atoms with Gasteiger partial charge >= 0.3 is 0 Å². The number of carbonyl (C=O) groups is 1. The van der Waals surface area contributed by atoms with Gasteiger partial charge in [0, 0.05) is 42.4 Å². The third kappa shape index (κ3) is 3.17. The van der Waals surface area contributed by atoms with Crippen LogP contribution >= 0.6 is 11.6 Å². The lowest BCUT2D eigenvalue weighted by Gasteiger charge is -2.33. The van der Waals surface area contributed by atoms with Crippen LogP contribution in [0.15, 0.2) is 42.9 Å². The maximum absolute atomic E-state index is 12.7. The van der Waals surface area contributed by atoms with Crippen LogP contribution in [0.4, 0.5) is 5.82 Å². The number of anilines is 1. The van der Waals surface area contributed by atoms with Crippen molar-refractivity contribution in [3.05, 3.63) is 53.6 Å². The number of H-pyrrole nitrogens is 1. The summed E-state index contributed by atoms with van der Waals surface area (Å²) in [5.41, 5.74) is 1.28. The van der Waals surface area contributed by atoms with E-state index in [0.29, 0.717) is 17.3 Å². The number of halogens is 1. The Balaban J connectivity index is 1.49. The van der Waals surface area contributed by atoms with E-state index in [9.17, 15) is 4.79 Å². The molecule has 1 aliphatic rings. The Kier molecular flexibility index (Phi) is 4.28. The lowest BCUT2D eigenvalue weighted by atomic mass is 10.1. The quantitative estimate of drug-likeness (QED) is 0.757. The van der Waals surface area contributed by atoms with Gasteiger partial charge in [-0.15, -0.1) is 0 Å². The zero-order valence-electron chi connectivity index (χ0n) is 13.6. The number of hydrogen-bond acceptors (Lipinski definition) is 4. The van der Waals surface area contributed by atoms with Crippen LogP contribution in [0, 0.1) is 0 Å². The number of nitrogens with zero attached hydrogens (tertiary/aromatic N) is 3. The Labute approximate surface area is 150 Å². The molecule has 4 rings (SSSR count). The number of nitrogens with one attached hydrogen (secondary N) is 2. The molecule has 128 valence electrons. The molecule has 0 aliphatic carbocycles. The second-order valence-corrected chi connectivity index (χ2v) is 6.56. The van der Waals surface area contributed by atoms with Crippen molar-refractivity contribution in [2.24, 2.45) is 0 Å². The van der Waals surface area contributed by atoms with Gasteiger partial charge in [0.2, 0.25) is 0 Å². The first-order valence-corrected chi connectivity index (χ1v) is 8.68. The second-order valence-electron chi connectivity index (χ2n) is 6.18. The molecule has 2 N–H and O–H groups in total. The normalized spacial score (nSPS) is 17.6. The number of amides is 1. The molecule has 7 heteroatoms. The molecule has 6 nitrogen and oxygen atoms in total. The summed E-state index contributed by atoms with van der Waals surface area (Å²) in [7, 11) is 0. The van der Waals surface area contributed by atoms with Gasteiger partial charge in [0.1, 0.15) is 11.5 Å². The zero-order chi connectivity index (χ0) is 17.2. The van der Waals surface area contributed by atoms with E-state index >= 15 is 0 Å². The number of fused-ring (bicyclic) bond motifs is 1. The van der Waals surface area contributed by atoms with E-state index in [-0.39, 0.29) is 11.9 Å². The van der Waals surface area contributed by atoms with Gasteiger partial charge in [0.15, 0.2) is 0 Å². The second kappa shape index (κ2) is 6.72. The first-order valence-electron chi connectivity index (χ1n) is 8.30. The van der Waals surface area contributed by atoms with E-state index in [1.165, 1.54) is 0 Å². The molecule has 0 bridgehead atoms. The van der Waals surface area contributed by atoms with Crippen LogP contribution in [0.2, 0.25) is 5.02 Å². The van der Waals surface area contributed by atoms with Crippen LogP contribution < -0.4 is 10.2 Å². The molecule has 25 heavy (non-hydrogen) atoms. The SMILES string of the molecule is O=C(N[C@H]1CCCN(c2cnccn2)C1)c1[nH]c2ccccc2c1Cl. The maximum atomic E-state index is 12.7. The van der Waals surface area contributed by atoms with Gasteiger partial charge in [-0.1, -0.05) is 29.8 Å². The predicted octanol–water partition coefficient (Wildman–Crippen LogP) is 3.01. The van der Waals surface area contributed by atoms with Crippen LogP contribution in [0.25, 0.3) is 10.9 Å². The highest BCUT2D eigenvalue weighted by Crippen LogP contribution is 2.27. The first-order chi connectivity index (χ1) is 12.2. The van der Waals surface area contributed by atoms with E-state index in [2.05, 4.69) is 25.2 Å². The van der Waals surface area contributed by atoms with Crippen LogP contribution in [-0.2, 0) is 0 Å². The highest BCUT2D eigenvalue weighted by Gasteiger charge is 2.24. The number of rotatable bonds is 3. The summed E-state index contributed by atoms with van der Waals surface area (Å²) < 4.78 is 0. The zero-order valence-corrected chi connectivity index (χ0v) is 14.3. The molecule has 3 heterocycles. The standard InChI is InChI=1S/C18H18ClN5O/c19-16-13-5-1-2-6-14(13)23-17(16)18(25)22-12-4-3-9-24(11-12)15-10-20-7-8-21-15/h1-2,5-8,10,12,23H,3-4,9,11H2,(H,22,25)/t12-/m0/s1. The number of benzene rings is 1. The Morgan fingerprint density at radius 1 is 1.32 bits per heavy atom. The van der Waals surface area contributed by atoms with E-state index in [4.69, 9.17) is 11.6 Å². The average molecular weight is 356 g/mol. The molecule has 1 fully saturated rings. The molecule has 1 amide bonds. The minimum atomic E-state index is -0.174. The highest BCUT2D eigenvalue weighted by molar-refractivity contribution is 6.38. The van der Waals surface area contributed by atoms with E-state index < -0.39 is 0 Å². The highest BCUT2D eigenvalue weighted by atomic mass is 35.5. The average Bonchev–Trinajstić information content (AvgIpc) is 3.00. The van der Waals surface area contributed by atoms with Gasteiger partial charge in [0.25, 0.3) is 5.91 Å². The van der Waals surface area contributed by atoms with Crippen molar-refractivity contribution >= 4 is 34.2 Å². The van der Waals surface area contributed by atoms with Gasteiger partial charge in [-0.25, -0.2) is 4.98 Å². The number of aromatic amines is 1. The van der Waals surface area contributed by atoms with Gasteiger partial charge in [0.05, 0.1) is 11.2 Å². The van der Waals surface area contributed by atoms with Crippen molar-refractivity contribution in [2.75, 3.05) is 18.0 Å². The number of aromatic nitrogens is 3. The van der Waals surface area contributed by atoms with Gasteiger partial charge in [-0.3, -0.25) is 9.78 Å². The Hall–Kier alpha value is -2.60. The maximum Gasteiger partial charge on any atom is 0.269 e. The minimum absolute atomic E-state index is 0.0470. The molecule has 0 saturated carbocycles. The van der Waals surface area contributed by atoms with Crippen LogP contribution in [0.3, 0.4) is 0 Å². The van der Waals surface area contributed by atoms with Crippen molar-refractivity contribution in [1.82, 2.24) is 20.3 Å². The lowest BCUT2D eigenvalue weighted by Crippen LogP contribution is -2.48. The van der Waals surface area contributed by atoms with E-state index in [0.717, 1.165) is 36.1 Å². The molecular formula is C18H18ClN5O. The Bertz CT molecular complexity index is 895. The third-order valence-electron chi connectivity index (χ3n) is 4.50. The summed E-state index contributed by atoms with van der Waals surface area (Å²) >= 11 is 6.37. The molecule has 0 unspecified atom stereocenters. The molecular weight excluding hydrogens is 338 g/mol. The number of carbonyl (C=O) groups excluding carboxylic acids is 1. The molecule has 3 aromatic rings. The summed E-state index contributed by atoms with van der Waals surface area (Å²) in [6, 6.07) is 7.68. The molecule has 0 radical (unpaired) electrons. The minimum Gasteiger partial charge on any atom is -0.353 e. The Morgan fingerprint density at radius 3 is 3.00 bits per heavy atom. The fourth-order valence-corrected chi connectivity index (χ4v) is 3.58. The van der Waals surface area contributed by atoms with Crippen LogP contribution in [0.5, 0.6) is 0 Å². The van der Waals surface area contributed by atoms with Gasteiger partial charge in [-0.05, 0) is 18.9 Å². The molecule has 0 spiro atoms. The molecule has 1 atom stereocenters. The molecule has 1 aromatic carbocycles. The summed E-state index contributed by atoms with van der Waals surface area (Å²) in [6.07, 6.45) is 7.01. The first kappa shape index (κ1) is 15.9. The smallest absolute Gasteiger partial charge is 0.269 e. The van der Waals surface area contributed by atoms with Crippen molar-refractivity contribution < 1.29 is 4.79 Å². The number of hydrogen-bond donors (Lipinski definition) is 2. The monoisotopic (exact) mass is 355 g/mol. The van der Waals surface area contributed by atoms with Gasteiger partial charge in [-0.2, -0.15) is 0 Å². The molecule has 1 aliphatic heterocycles. The summed E-state index contributed by atoms with van der Waals surface area (Å²) in [4.78, 5) is 26.4. The topological polar surface area (TPSA) is 73.9 Å².